The van der Waals surface area contributed by atoms with Crippen molar-refractivity contribution >= 4 is 42.1 Å². The molecule has 3 nitrogen and oxygen atoms in total. The Kier molecular flexibility index (Phi) is 6.50. The summed E-state index contributed by atoms with van der Waals surface area (Å²) in [5.74, 6) is 0. The van der Waals surface area contributed by atoms with Gasteiger partial charge in [0.05, 0.1) is 10.0 Å². The fourth-order valence-corrected chi connectivity index (χ4v) is 0.997. The monoisotopic (exact) mass is 242 g/mol. The predicted octanol–water partition coefficient (Wildman–Crippen LogP) is 1.60. The molecule has 0 aliphatic rings. The van der Waals surface area contributed by atoms with Crippen LogP contribution >= 0.6 is 34.8 Å². The highest BCUT2D eigenvalue weighted by Crippen LogP contribution is 2.24. The fraction of sp³-hybridized carbons (Fsp3) is 0. The van der Waals surface area contributed by atoms with Crippen molar-refractivity contribution in [1.82, 2.24) is 0 Å². The molecular weight excluding hydrogens is 237 g/mol. The normalized spacial score (nSPS) is 8.77. The predicted molar refractivity (Wildman–Crippen MR) is 53.9 cm³/mol. The lowest BCUT2D eigenvalue weighted by atomic mass is 10.3. The lowest BCUT2D eigenvalue weighted by molar-refractivity contribution is 0.278. The maximum Gasteiger partial charge on any atom is 0.631 e. The lowest BCUT2D eigenvalue weighted by Crippen LogP contribution is -2.07. The molecule has 0 aromatic heterocycles. The molecule has 0 aliphatic heterocycles. The molecule has 0 heterocycles. The molecule has 0 unspecified atom stereocenters. The van der Waals surface area contributed by atoms with Crippen LogP contribution in [-0.4, -0.2) is 22.4 Å². The molecule has 0 aliphatic carbocycles. The first-order chi connectivity index (χ1) is 5.93. The number of hydrogen-bond donors (Lipinski definition) is 3. The molecule has 72 valence electrons. The summed E-state index contributed by atoms with van der Waals surface area (Å²) in [5, 5.41) is 23.1. The Morgan fingerprint density at radius 1 is 0.923 bits per heavy atom. The molecule has 0 atom stereocenters. The molecule has 0 amide bonds. The molecule has 13 heavy (non-hydrogen) atoms. The van der Waals surface area contributed by atoms with Crippen LogP contribution < -0.4 is 0 Å². The van der Waals surface area contributed by atoms with Gasteiger partial charge < -0.3 is 15.1 Å². The third-order valence-electron chi connectivity index (χ3n) is 0.882. The summed E-state index contributed by atoms with van der Waals surface area (Å²) in [5.41, 5.74) is 0. The molecule has 7 heteroatoms. The number of hydrogen-bond acceptors (Lipinski definition) is 3. The fourth-order valence-electron chi connectivity index (χ4n) is 0.470. The first-order valence-corrected chi connectivity index (χ1v) is 4.21. The van der Waals surface area contributed by atoms with Gasteiger partial charge in [-0.3, -0.25) is 0 Å². The topological polar surface area (TPSA) is 60.7 Å². The third-order valence-corrected chi connectivity index (χ3v) is 1.86. The first-order valence-electron chi connectivity index (χ1n) is 3.08. The largest absolute Gasteiger partial charge is 0.631 e. The van der Waals surface area contributed by atoms with E-state index >= 15 is 0 Å². The van der Waals surface area contributed by atoms with E-state index in [0.717, 1.165) is 0 Å². The van der Waals surface area contributed by atoms with Crippen molar-refractivity contribution in [2.45, 2.75) is 0 Å². The Balaban J connectivity index is 0.000000310. The van der Waals surface area contributed by atoms with E-state index in [-0.39, 0.29) is 0 Å². The minimum Gasteiger partial charge on any atom is -0.402 e. The van der Waals surface area contributed by atoms with Crippen LogP contribution in [0.15, 0.2) is 18.2 Å². The summed E-state index contributed by atoms with van der Waals surface area (Å²) < 4.78 is 0. The van der Waals surface area contributed by atoms with Crippen LogP contribution in [0.25, 0.3) is 0 Å². The van der Waals surface area contributed by atoms with E-state index < -0.39 is 7.32 Å². The van der Waals surface area contributed by atoms with Crippen molar-refractivity contribution in [3.8, 4) is 0 Å². The maximum atomic E-state index is 7.17. The van der Waals surface area contributed by atoms with Gasteiger partial charge in [0.15, 0.2) is 0 Å². The minimum absolute atomic E-state index is 0.490. The summed E-state index contributed by atoms with van der Waals surface area (Å²) >= 11 is 16.8. The van der Waals surface area contributed by atoms with E-state index in [1.165, 1.54) is 0 Å². The lowest BCUT2D eigenvalue weighted by Gasteiger charge is -1.92. The zero-order chi connectivity index (χ0) is 10.4. The van der Waals surface area contributed by atoms with Gasteiger partial charge in [-0.15, -0.1) is 0 Å². The van der Waals surface area contributed by atoms with Gasteiger partial charge in [0.25, 0.3) is 0 Å². The van der Waals surface area contributed by atoms with Crippen molar-refractivity contribution in [3.05, 3.63) is 33.3 Å². The van der Waals surface area contributed by atoms with Crippen LogP contribution in [0.4, 0.5) is 0 Å². The van der Waals surface area contributed by atoms with Gasteiger partial charge in [0.2, 0.25) is 0 Å². The summed E-state index contributed by atoms with van der Waals surface area (Å²) in [4.78, 5) is 0. The van der Waals surface area contributed by atoms with Crippen molar-refractivity contribution in [1.29, 1.82) is 0 Å². The van der Waals surface area contributed by atoms with E-state index in [1.807, 2.05) is 0 Å². The summed E-state index contributed by atoms with van der Waals surface area (Å²) in [6.07, 6.45) is 0. The molecule has 0 saturated heterocycles. The SMILES string of the molecule is Clc1ccc(Cl)c(Cl)c1.OB(O)O. The Morgan fingerprint density at radius 2 is 1.38 bits per heavy atom. The summed E-state index contributed by atoms with van der Waals surface area (Å²) in [6.45, 7) is 0. The van der Waals surface area contributed by atoms with Gasteiger partial charge in [-0.05, 0) is 18.2 Å². The second kappa shape index (κ2) is 6.48. The molecular formula is C6H6BCl3O3. The molecule has 1 aromatic rings. The maximum absolute atomic E-state index is 7.17. The number of rotatable bonds is 0. The average molecular weight is 243 g/mol. The molecule has 1 aromatic carbocycles. The Morgan fingerprint density at radius 3 is 1.69 bits per heavy atom. The Bertz CT molecular complexity index is 267. The minimum atomic E-state index is -2.17. The molecule has 0 spiro atoms. The third kappa shape index (κ3) is 7.13. The molecule has 0 fully saturated rings. The van der Waals surface area contributed by atoms with E-state index in [4.69, 9.17) is 49.9 Å². The Hall–Kier alpha value is 0.0349. The zero-order valence-electron chi connectivity index (χ0n) is 6.28. The summed E-state index contributed by atoms with van der Waals surface area (Å²) in [6, 6.07) is 4.95. The highest BCUT2D eigenvalue weighted by atomic mass is 35.5. The number of benzene rings is 1. The van der Waals surface area contributed by atoms with Crippen LogP contribution in [0.5, 0.6) is 0 Å². The molecule has 0 radical (unpaired) electrons. The Labute approximate surface area is 90.7 Å². The zero-order valence-corrected chi connectivity index (χ0v) is 8.55. The van der Waals surface area contributed by atoms with Gasteiger partial charge >= 0.3 is 7.32 Å². The van der Waals surface area contributed by atoms with Crippen LogP contribution in [0, 0.1) is 0 Å². The number of halogens is 3. The molecule has 0 bridgehead atoms. The van der Waals surface area contributed by atoms with Crippen LogP contribution in [0.1, 0.15) is 0 Å². The highest BCUT2D eigenvalue weighted by Gasteiger charge is 1.95. The molecule has 1 rings (SSSR count). The highest BCUT2D eigenvalue weighted by molar-refractivity contribution is 6.43. The van der Waals surface area contributed by atoms with Crippen LogP contribution in [-0.2, 0) is 0 Å². The summed E-state index contributed by atoms with van der Waals surface area (Å²) in [7, 11) is -2.17. The van der Waals surface area contributed by atoms with E-state index in [2.05, 4.69) is 0 Å². The van der Waals surface area contributed by atoms with E-state index in [0.29, 0.717) is 15.1 Å². The van der Waals surface area contributed by atoms with Crippen LogP contribution in [0.3, 0.4) is 0 Å². The van der Waals surface area contributed by atoms with E-state index in [1.54, 1.807) is 18.2 Å². The smallest absolute Gasteiger partial charge is 0.402 e. The first kappa shape index (κ1) is 13.0. The second-order valence-electron chi connectivity index (χ2n) is 1.90. The van der Waals surface area contributed by atoms with Crippen molar-refractivity contribution in [3.63, 3.8) is 0 Å². The van der Waals surface area contributed by atoms with Crippen LogP contribution in [0.2, 0.25) is 15.1 Å². The second-order valence-corrected chi connectivity index (χ2v) is 3.16. The quantitative estimate of drug-likeness (QED) is 0.479. The average Bonchev–Trinajstić information content (AvgIpc) is 1.96. The van der Waals surface area contributed by atoms with Gasteiger partial charge in [0, 0.05) is 5.02 Å². The van der Waals surface area contributed by atoms with Crippen molar-refractivity contribution < 1.29 is 15.1 Å². The van der Waals surface area contributed by atoms with E-state index in [9.17, 15) is 0 Å². The van der Waals surface area contributed by atoms with Gasteiger partial charge in [-0.25, -0.2) is 0 Å². The van der Waals surface area contributed by atoms with Crippen molar-refractivity contribution in [2.24, 2.45) is 0 Å². The molecule has 0 saturated carbocycles. The van der Waals surface area contributed by atoms with Gasteiger partial charge in [-0.2, -0.15) is 0 Å². The van der Waals surface area contributed by atoms with Gasteiger partial charge in [0.1, 0.15) is 0 Å². The molecule has 3 N–H and O–H groups in total. The van der Waals surface area contributed by atoms with Gasteiger partial charge in [-0.1, -0.05) is 34.8 Å². The standard InChI is InChI=1S/C6H3Cl3.BH3O3/c7-4-1-2-5(8)6(9)3-4;2-1(3)4/h1-3H;2-4H. The van der Waals surface area contributed by atoms with Crippen molar-refractivity contribution in [2.75, 3.05) is 0 Å².